The maximum Gasteiger partial charge on any atom is 0.163 e. The first-order chi connectivity index (χ1) is 7.83. The normalized spacial score (nSPS) is 14.9. The smallest absolute Gasteiger partial charge is 0.163 e. The molecule has 86 valence electrons. The molecule has 0 fully saturated rings. The number of hydrogen-bond acceptors (Lipinski definition) is 1. The van der Waals surface area contributed by atoms with Crippen LogP contribution >= 0.6 is 0 Å². The van der Waals surface area contributed by atoms with Crippen molar-refractivity contribution in [3.8, 4) is 0 Å². The highest BCUT2D eigenvalue weighted by Crippen LogP contribution is 2.25. The highest BCUT2D eigenvalue weighted by Gasteiger charge is 2.18. The van der Waals surface area contributed by atoms with Gasteiger partial charge in [0.15, 0.2) is 5.78 Å². The van der Waals surface area contributed by atoms with Gasteiger partial charge in [-0.15, -0.1) is 0 Å². The van der Waals surface area contributed by atoms with Crippen LogP contribution in [-0.2, 0) is 12.8 Å². The molecular weight excluding hydrogens is 196 g/mol. The zero-order valence-electron chi connectivity index (χ0n) is 10.1. The molecule has 1 aromatic rings. The molecule has 0 unspecified atom stereocenters. The molecule has 0 amide bonds. The van der Waals surface area contributed by atoms with Crippen molar-refractivity contribution in [3.05, 3.63) is 34.9 Å². The Morgan fingerprint density at radius 3 is 2.88 bits per heavy atom. The summed E-state index contributed by atoms with van der Waals surface area (Å²) in [6.07, 6.45) is 7.82. The predicted octanol–water partition coefficient (Wildman–Crippen LogP) is 3.94. The van der Waals surface area contributed by atoms with Gasteiger partial charge in [-0.3, -0.25) is 4.79 Å². The van der Waals surface area contributed by atoms with Gasteiger partial charge in [0.05, 0.1) is 0 Å². The maximum absolute atomic E-state index is 11.8. The molecule has 0 radical (unpaired) electrons. The van der Waals surface area contributed by atoms with E-state index >= 15 is 0 Å². The number of aryl methyl sites for hydroxylation is 1. The van der Waals surface area contributed by atoms with Crippen LogP contribution in [-0.4, -0.2) is 5.78 Å². The Bertz CT molecular complexity index is 379. The number of ketones is 1. The van der Waals surface area contributed by atoms with E-state index in [1.165, 1.54) is 30.4 Å². The van der Waals surface area contributed by atoms with Gasteiger partial charge < -0.3 is 0 Å². The highest BCUT2D eigenvalue weighted by molar-refractivity contribution is 5.98. The summed E-state index contributed by atoms with van der Waals surface area (Å²) < 4.78 is 0. The quantitative estimate of drug-likeness (QED) is 0.697. The Morgan fingerprint density at radius 2 is 2.06 bits per heavy atom. The Hall–Kier alpha value is -1.11. The van der Waals surface area contributed by atoms with Gasteiger partial charge in [-0.1, -0.05) is 38.0 Å². The van der Waals surface area contributed by atoms with Crippen molar-refractivity contribution in [2.24, 2.45) is 0 Å². The van der Waals surface area contributed by atoms with Crippen molar-refractivity contribution < 1.29 is 4.79 Å². The van der Waals surface area contributed by atoms with Crippen molar-refractivity contribution in [3.63, 3.8) is 0 Å². The number of hydrogen-bond donors (Lipinski definition) is 0. The average molecular weight is 216 g/mol. The van der Waals surface area contributed by atoms with Crippen molar-refractivity contribution in [1.29, 1.82) is 0 Å². The van der Waals surface area contributed by atoms with Crippen LogP contribution in [0, 0.1) is 0 Å². The Labute approximate surface area is 97.9 Å². The van der Waals surface area contributed by atoms with Crippen LogP contribution in [0.5, 0.6) is 0 Å². The Balaban J connectivity index is 2.19. The molecule has 2 rings (SSSR count). The molecule has 0 saturated heterocycles. The number of rotatable bonds is 4. The fourth-order valence-corrected chi connectivity index (χ4v) is 2.55. The first-order valence-electron chi connectivity index (χ1n) is 6.47. The zero-order chi connectivity index (χ0) is 11.4. The van der Waals surface area contributed by atoms with Crippen LogP contribution in [0.2, 0.25) is 0 Å². The molecule has 0 saturated carbocycles. The van der Waals surface area contributed by atoms with Gasteiger partial charge in [-0.2, -0.15) is 0 Å². The number of carbonyl (C=O) groups is 1. The molecule has 0 aromatic heterocycles. The lowest BCUT2D eigenvalue weighted by molar-refractivity contribution is 0.0972. The van der Waals surface area contributed by atoms with E-state index in [-0.39, 0.29) is 0 Å². The molecule has 1 aliphatic carbocycles. The molecule has 0 N–H and O–H groups in total. The van der Waals surface area contributed by atoms with Crippen molar-refractivity contribution in [1.82, 2.24) is 0 Å². The standard InChI is InChI=1S/C15H20O/c1-2-3-4-7-12-8-5-10-14-13(12)9-6-11-15(14)16/h5,8,10H,2-4,6-7,9,11H2,1H3. The van der Waals surface area contributed by atoms with E-state index in [1.54, 1.807) is 0 Å². The van der Waals surface area contributed by atoms with Crippen molar-refractivity contribution in [2.75, 3.05) is 0 Å². The van der Waals surface area contributed by atoms with Crippen molar-refractivity contribution in [2.45, 2.75) is 51.9 Å². The number of carbonyl (C=O) groups excluding carboxylic acids is 1. The van der Waals surface area contributed by atoms with Crippen LogP contribution in [0.3, 0.4) is 0 Å². The summed E-state index contributed by atoms with van der Waals surface area (Å²) in [6, 6.07) is 6.25. The summed E-state index contributed by atoms with van der Waals surface area (Å²) in [5.41, 5.74) is 3.76. The van der Waals surface area contributed by atoms with E-state index in [1.807, 2.05) is 12.1 Å². The minimum atomic E-state index is 0.346. The molecule has 1 aromatic carbocycles. The van der Waals surface area contributed by atoms with Crippen LogP contribution in [0.4, 0.5) is 0 Å². The van der Waals surface area contributed by atoms with Crippen LogP contribution in [0.15, 0.2) is 18.2 Å². The molecule has 0 aliphatic heterocycles. The minimum absolute atomic E-state index is 0.346. The third-order valence-electron chi connectivity index (χ3n) is 3.45. The maximum atomic E-state index is 11.8. The van der Waals surface area contributed by atoms with Gasteiger partial charge in [0.2, 0.25) is 0 Å². The topological polar surface area (TPSA) is 17.1 Å². The van der Waals surface area contributed by atoms with Gasteiger partial charge in [0.25, 0.3) is 0 Å². The molecule has 1 aliphatic rings. The summed E-state index contributed by atoms with van der Waals surface area (Å²) >= 11 is 0. The van der Waals surface area contributed by atoms with E-state index in [0.29, 0.717) is 5.78 Å². The minimum Gasteiger partial charge on any atom is -0.294 e. The number of benzene rings is 1. The molecule has 0 bridgehead atoms. The molecule has 0 atom stereocenters. The van der Waals surface area contributed by atoms with Gasteiger partial charge in [-0.25, -0.2) is 0 Å². The second kappa shape index (κ2) is 5.29. The average Bonchev–Trinajstić information content (AvgIpc) is 2.31. The molecular formula is C15H20O. The van der Waals surface area contributed by atoms with Gasteiger partial charge in [-0.05, 0) is 36.8 Å². The lowest BCUT2D eigenvalue weighted by Crippen LogP contribution is -2.12. The van der Waals surface area contributed by atoms with Crippen LogP contribution < -0.4 is 0 Å². The first kappa shape index (κ1) is 11.4. The molecule has 1 heteroatoms. The van der Waals surface area contributed by atoms with E-state index < -0.39 is 0 Å². The van der Waals surface area contributed by atoms with Gasteiger partial charge in [0, 0.05) is 12.0 Å². The zero-order valence-corrected chi connectivity index (χ0v) is 10.1. The Morgan fingerprint density at radius 1 is 1.19 bits per heavy atom. The molecule has 1 nitrogen and oxygen atoms in total. The third-order valence-corrected chi connectivity index (χ3v) is 3.45. The highest BCUT2D eigenvalue weighted by atomic mass is 16.1. The molecule has 16 heavy (non-hydrogen) atoms. The second-order valence-corrected chi connectivity index (χ2v) is 4.68. The fourth-order valence-electron chi connectivity index (χ4n) is 2.55. The summed E-state index contributed by atoms with van der Waals surface area (Å²) in [6.45, 7) is 2.23. The number of unbranched alkanes of at least 4 members (excludes halogenated alkanes) is 2. The lowest BCUT2D eigenvalue weighted by Gasteiger charge is -2.18. The number of Topliss-reactive ketones (excluding diaryl/α,β-unsaturated/α-hetero) is 1. The summed E-state index contributed by atoms with van der Waals surface area (Å²) in [5, 5.41) is 0. The third kappa shape index (κ3) is 2.34. The van der Waals surface area contributed by atoms with Crippen LogP contribution in [0.25, 0.3) is 0 Å². The summed E-state index contributed by atoms with van der Waals surface area (Å²) in [4.78, 5) is 11.8. The summed E-state index contributed by atoms with van der Waals surface area (Å²) in [7, 11) is 0. The van der Waals surface area contributed by atoms with E-state index in [0.717, 1.165) is 31.2 Å². The first-order valence-corrected chi connectivity index (χ1v) is 6.47. The molecule has 0 heterocycles. The molecule has 0 spiro atoms. The predicted molar refractivity (Wildman–Crippen MR) is 66.9 cm³/mol. The number of fused-ring (bicyclic) bond motifs is 1. The second-order valence-electron chi connectivity index (χ2n) is 4.68. The van der Waals surface area contributed by atoms with Crippen molar-refractivity contribution >= 4 is 5.78 Å². The Kier molecular flexibility index (Phi) is 3.76. The monoisotopic (exact) mass is 216 g/mol. The fraction of sp³-hybridized carbons (Fsp3) is 0.533. The van der Waals surface area contributed by atoms with Gasteiger partial charge in [0.1, 0.15) is 0 Å². The summed E-state index contributed by atoms with van der Waals surface area (Å²) in [5.74, 6) is 0.346. The van der Waals surface area contributed by atoms with Gasteiger partial charge >= 0.3 is 0 Å². The van der Waals surface area contributed by atoms with E-state index in [9.17, 15) is 4.79 Å². The van der Waals surface area contributed by atoms with E-state index in [2.05, 4.69) is 13.0 Å². The lowest BCUT2D eigenvalue weighted by atomic mass is 9.86. The SMILES string of the molecule is CCCCCc1cccc2c1CCCC2=O. The van der Waals surface area contributed by atoms with Crippen LogP contribution in [0.1, 0.15) is 60.5 Å². The van der Waals surface area contributed by atoms with E-state index in [4.69, 9.17) is 0 Å². The largest absolute Gasteiger partial charge is 0.294 e.